The van der Waals surface area contributed by atoms with Crippen LogP contribution in [0.1, 0.15) is 6.42 Å². The highest BCUT2D eigenvalue weighted by Gasteiger charge is 2.17. The maximum absolute atomic E-state index is 12.1. The Morgan fingerprint density at radius 1 is 1.12 bits per heavy atom. The molecule has 1 amide bonds. The van der Waals surface area contributed by atoms with E-state index in [0.717, 1.165) is 32.7 Å². The Kier molecular flexibility index (Phi) is 5.85. The summed E-state index contributed by atoms with van der Waals surface area (Å²) >= 11 is 0. The highest BCUT2D eigenvalue weighted by Crippen LogP contribution is 2.16. The molecule has 1 aliphatic heterocycles. The molecule has 2 aromatic rings. The second-order valence-corrected chi connectivity index (χ2v) is 6.05. The van der Waals surface area contributed by atoms with Gasteiger partial charge in [-0.05, 0) is 18.2 Å². The molecule has 132 valence electrons. The molecule has 0 saturated carbocycles. The third-order valence-electron chi connectivity index (χ3n) is 4.38. The molecule has 1 aromatic carbocycles. The van der Waals surface area contributed by atoms with Crippen LogP contribution in [0, 0.1) is 0 Å². The maximum atomic E-state index is 12.1. The summed E-state index contributed by atoms with van der Waals surface area (Å²) in [5.74, 6) is 0.548. The van der Waals surface area contributed by atoms with E-state index in [1.807, 2.05) is 6.07 Å². The number of anilines is 2. The summed E-state index contributed by atoms with van der Waals surface area (Å²) in [5, 5.41) is 2.87. The topological polar surface area (TPSA) is 57.7 Å². The number of carbonyl (C=O) groups is 1. The zero-order valence-electron chi connectivity index (χ0n) is 14.5. The number of pyridine rings is 1. The number of hydrogen-bond donors (Lipinski definition) is 1. The van der Waals surface area contributed by atoms with Gasteiger partial charge in [-0.1, -0.05) is 18.2 Å². The number of nitrogens with one attached hydrogen (secondary N) is 1. The van der Waals surface area contributed by atoms with Crippen molar-refractivity contribution >= 4 is 17.3 Å². The molecule has 0 unspecified atom stereocenters. The molecule has 1 aromatic heterocycles. The van der Waals surface area contributed by atoms with Crippen molar-refractivity contribution in [2.45, 2.75) is 6.42 Å². The molecular weight excluding hydrogens is 316 g/mol. The number of amides is 1. The summed E-state index contributed by atoms with van der Waals surface area (Å²) in [4.78, 5) is 20.9. The summed E-state index contributed by atoms with van der Waals surface area (Å²) in [6.45, 7) is 4.72. The van der Waals surface area contributed by atoms with Gasteiger partial charge in [0.05, 0.1) is 19.0 Å². The van der Waals surface area contributed by atoms with Gasteiger partial charge >= 0.3 is 0 Å². The SMILES string of the molecule is COc1ccc(NC(=O)CCN2CCN(c3ccccc3)CC2)cn1. The van der Waals surface area contributed by atoms with Crippen LogP contribution in [-0.2, 0) is 4.79 Å². The average molecular weight is 340 g/mol. The first-order valence-electron chi connectivity index (χ1n) is 8.57. The fourth-order valence-corrected chi connectivity index (χ4v) is 2.93. The zero-order chi connectivity index (χ0) is 17.5. The number of hydrogen-bond acceptors (Lipinski definition) is 5. The summed E-state index contributed by atoms with van der Waals surface area (Å²) in [5.41, 5.74) is 1.96. The highest BCUT2D eigenvalue weighted by molar-refractivity contribution is 5.90. The van der Waals surface area contributed by atoms with Gasteiger partial charge in [0, 0.05) is 50.9 Å². The van der Waals surface area contributed by atoms with Crippen LogP contribution in [0.2, 0.25) is 0 Å². The second-order valence-electron chi connectivity index (χ2n) is 6.05. The third-order valence-corrected chi connectivity index (χ3v) is 4.38. The molecule has 2 heterocycles. The number of ether oxygens (including phenoxy) is 1. The standard InChI is InChI=1S/C19H24N4O2/c1-25-19-8-7-16(15-20-19)21-18(24)9-10-22-11-13-23(14-12-22)17-5-3-2-4-6-17/h2-8,15H,9-14H2,1H3,(H,21,24). The Bertz CT molecular complexity index is 668. The highest BCUT2D eigenvalue weighted by atomic mass is 16.5. The van der Waals surface area contributed by atoms with Crippen molar-refractivity contribution in [1.29, 1.82) is 0 Å². The summed E-state index contributed by atoms with van der Waals surface area (Å²) in [6.07, 6.45) is 2.09. The van der Waals surface area contributed by atoms with Gasteiger partial charge in [0.1, 0.15) is 0 Å². The smallest absolute Gasteiger partial charge is 0.225 e. The van der Waals surface area contributed by atoms with Crippen LogP contribution in [0.3, 0.4) is 0 Å². The van der Waals surface area contributed by atoms with E-state index < -0.39 is 0 Å². The number of methoxy groups -OCH3 is 1. The van der Waals surface area contributed by atoms with Gasteiger partial charge in [-0.3, -0.25) is 9.69 Å². The van der Waals surface area contributed by atoms with E-state index in [-0.39, 0.29) is 5.91 Å². The molecule has 25 heavy (non-hydrogen) atoms. The number of carbonyl (C=O) groups excluding carboxylic acids is 1. The summed E-state index contributed by atoms with van der Waals surface area (Å²) < 4.78 is 5.01. The molecule has 0 bridgehead atoms. The number of piperazine rings is 1. The largest absolute Gasteiger partial charge is 0.481 e. The molecular formula is C19H24N4O2. The molecule has 1 fully saturated rings. The van der Waals surface area contributed by atoms with Gasteiger partial charge < -0.3 is 15.0 Å². The van der Waals surface area contributed by atoms with E-state index in [1.165, 1.54) is 5.69 Å². The molecule has 3 rings (SSSR count). The Balaban J connectivity index is 1.39. The first-order valence-corrected chi connectivity index (χ1v) is 8.57. The van der Waals surface area contributed by atoms with Crippen molar-refractivity contribution in [2.75, 3.05) is 50.1 Å². The minimum atomic E-state index is 0.0115. The van der Waals surface area contributed by atoms with Gasteiger partial charge in [0.2, 0.25) is 11.8 Å². The number of para-hydroxylation sites is 1. The molecule has 0 radical (unpaired) electrons. The van der Waals surface area contributed by atoms with Crippen molar-refractivity contribution < 1.29 is 9.53 Å². The lowest BCUT2D eigenvalue weighted by molar-refractivity contribution is -0.116. The summed E-state index contributed by atoms with van der Waals surface area (Å²) in [6, 6.07) is 14.0. The minimum absolute atomic E-state index is 0.0115. The van der Waals surface area contributed by atoms with Crippen LogP contribution in [0.25, 0.3) is 0 Å². The molecule has 1 aliphatic rings. The lowest BCUT2D eigenvalue weighted by Crippen LogP contribution is -2.47. The average Bonchev–Trinajstić information content (AvgIpc) is 2.68. The second kappa shape index (κ2) is 8.48. The Morgan fingerprint density at radius 3 is 2.52 bits per heavy atom. The van der Waals surface area contributed by atoms with Crippen molar-refractivity contribution in [3.05, 3.63) is 48.7 Å². The van der Waals surface area contributed by atoms with Gasteiger partial charge in [0.15, 0.2) is 0 Å². The van der Waals surface area contributed by atoms with Gasteiger partial charge in [-0.25, -0.2) is 4.98 Å². The number of rotatable bonds is 6. The van der Waals surface area contributed by atoms with Crippen LogP contribution in [0.15, 0.2) is 48.7 Å². The fraction of sp³-hybridized carbons (Fsp3) is 0.368. The zero-order valence-corrected chi connectivity index (χ0v) is 14.5. The molecule has 6 nitrogen and oxygen atoms in total. The first kappa shape index (κ1) is 17.2. The van der Waals surface area contributed by atoms with E-state index in [2.05, 4.69) is 44.4 Å². The van der Waals surface area contributed by atoms with E-state index in [0.29, 0.717) is 18.0 Å². The van der Waals surface area contributed by atoms with Crippen molar-refractivity contribution in [3.63, 3.8) is 0 Å². The van der Waals surface area contributed by atoms with Crippen molar-refractivity contribution in [2.24, 2.45) is 0 Å². The number of aromatic nitrogens is 1. The maximum Gasteiger partial charge on any atom is 0.225 e. The molecule has 0 aliphatic carbocycles. The lowest BCUT2D eigenvalue weighted by Gasteiger charge is -2.36. The van der Waals surface area contributed by atoms with E-state index in [1.54, 1.807) is 25.4 Å². The summed E-state index contributed by atoms with van der Waals surface area (Å²) in [7, 11) is 1.57. The fourth-order valence-electron chi connectivity index (χ4n) is 2.93. The monoisotopic (exact) mass is 340 g/mol. The Morgan fingerprint density at radius 2 is 1.88 bits per heavy atom. The van der Waals surface area contributed by atoms with E-state index in [4.69, 9.17) is 4.74 Å². The molecule has 0 spiro atoms. The molecule has 1 N–H and O–H groups in total. The number of nitrogens with zero attached hydrogens (tertiary/aromatic N) is 3. The van der Waals surface area contributed by atoms with Crippen LogP contribution in [0.5, 0.6) is 5.88 Å². The van der Waals surface area contributed by atoms with Crippen LogP contribution in [0.4, 0.5) is 11.4 Å². The third kappa shape index (κ3) is 4.93. The van der Waals surface area contributed by atoms with Crippen LogP contribution < -0.4 is 15.0 Å². The molecule has 6 heteroatoms. The van der Waals surface area contributed by atoms with E-state index in [9.17, 15) is 4.79 Å². The quantitative estimate of drug-likeness (QED) is 0.874. The lowest BCUT2D eigenvalue weighted by atomic mass is 10.2. The van der Waals surface area contributed by atoms with Gasteiger partial charge in [0.25, 0.3) is 0 Å². The molecule has 1 saturated heterocycles. The van der Waals surface area contributed by atoms with Crippen molar-refractivity contribution in [3.8, 4) is 5.88 Å². The van der Waals surface area contributed by atoms with E-state index >= 15 is 0 Å². The predicted molar refractivity (Wildman–Crippen MR) is 99.1 cm³/mol. The van der Waals surface area contributed by atoms with Crippen LogP contribution in [-0.4, -0.2) is 55.6 Å². The Labute approximate surface area is 148 Å². The van der Waals surface area contributed by atoms with Gasteiger partial charge in [-0.2, -0.15) is 0 Å². The predicted octanol–water partition coefficient (Wildman–Crippen LogP) is 2.24. The molecule has 0 atom stereocenters. The normalized spacial score (nSPS) is 15.0. The first-order chi connectivity index (χ1) is 12.2. The van der Waals surface area contributed by atoms with Gasteiger partial charge in [-0.15, -0.1) is 0 Å². The van der Waals surface area contributed by atoms with Crippen molar-refractivity contribution in [1.82, 2.24) is 9.88 Å². The number of benzene rings is 1. The minimum Gasteiger partial charge on any atom is -0.481 e. The Hall–Kier alpha value is -2.60. The van der Waals surface area contributed by atoms with Crippen LogP contribution >= 0.6 is 0 Å².